The molecular formula is C14H16F3NO2. The molecule has 1 heterocycles. The smallest absolute Gasteiger partial charge is 0.406 e. The maximum atomic E-state index is 13.2. The number of alkyl halides is 3. The highest BCUT2D eigenvalue weighted by molar-refractivity contribution is 5.77. The second kappa shape index (κ2) is 5.09. The molecule has 2 rings (SSSR count). The first kappa shape index (κ1) is 14.8. The van der Waals surface area contributed by atoms with Crippen molar-refractivity contribution in [3.05, 3.63) is 35.9 Å². The normalized spacial score (nSPS) is 27.7. The van der Waals surface area contributed by atoms with Crippen molar-refractivity contribution >= 4 is 5.97 Å². The Balaban J connectivity index is 2.21. The Bertz CT molecular complexity index is 489. The minimum atomic E-state index is -4.75. The molecule has 20 heavy (non-hydrogen) atoms. The zero-order valence-electron chi connectivity index (χ0n) is 11.0. The summed E-state index contributed by atoms with van der Waals surface area (Å²) in [6.45, 7) is 1.31. The molecule has 1 fully saturated rings. The number of rotatable bonds is 3. The van der Waals surface area contributed by atoms with E-state index in [0.29, 0.717) is 6.54 Å². The fourth-order valence-corrected chi connectivity index (χ4v) is 2.85. The Morgan fingerprint density at radius 2 is 2.00 bits per heavy atom. The van der Waals surface area contributed by atoms with Crippen molar-refractivity contribution in [2.24, 2.45) is 11.3 Å². The molecule has 1 saturated heterocycles. The van der Waals surface area contributed by atoms with Crippen LogP contribution in [0.5, 0.6) is 0 Å². The quantitative estimate of drug-likeness (QED) is 0.929. The number of aliphatic carboxylic acids is 1. The van der Waals surface area contributed by atoms with E-state index in [1.807, 2.05) is 30.3 Å². The number of halogens is 3. The zero-order chi connectivity index (χ0) is 15.0. The molecule has 110 valence electrons. The number of likely N-dealkylation sites (tertiary alicyclic amines) is 1. The number of hydrogen-bond donors (Lipinski definition) is 1. The summed E-state index contributed by atoms with van der Waals surface area (Å²) in [7, 11) is 0. The van der Waals surface area contributed by atoms with Gasteiger partial charge in [0.1, 0.15) is 0 Å². The van der Waals surface area contributed by atoms with Crippen molar-refractivity contribution in [1.29, 1.82) is 0 Å². The van der Waals surface area contributed by atoms with E-state index < -0.39 is 30.0 Å². The summed E-state index contributed by atoms with van der Waals surface area (Å²) in [5, 5.41) is 9.11. The Labute approximate surface area is 115 Å². The number of carbonyl (C=O) groups is 1. The van der Waals surface area contributed by atoms with Gasteiger partial charge in [0.25, 0.3) is 0 Å². The number of carboxylic acid groups (broad SMARTS) is 1. The van der Waals surface area contributed by atoms with Crippen molar-refractivity contribution in [2.75, 3.05) is 13.1 Å². The molecule has 0 bridgehead atoms. The zero-order valence-corrected chi connectivity index (χ0v) is 11.0. The van der Waals surface area contributed by atoms with Crippen LogP contribution < -0.4 is 0 Å². The minimum Gasteiger partial charge on any atom is -0.481 e. The minimum absolute atomic E-state index is 0.126. The summed E-state index contributed by atoms with van der Waals surface area (Å²) in [4.78, 5) is 12.8. The average molecular weight is 287 g/mol. The second-order valence-corrected chi connectivity index (χ2v) is 5.33. The molecule has 2 atom stereocenters. The summed E-state index contributed by atoms with van der Waals surface area (Å²) in [6.07, 6.45) is -4.75. The second-order valence-electron chi connectivity index (χ2n) is 5.33. The lowest BCUT2D eigenvalue weighted by Crippen LogP contribution is -2.50. The lowest BCUT2D eigenvalue weighted by Gasteiger charge is -2.30. The molecule has 0 aromatic heterocycles. The van der Waals surface area contributed by atoms with Crippen LogP contribution in [-0.4, -0.2) is 35.2 Å². The van der Waals surface area contributed by atoms with Gasteiger partial charge < -0.3 is 5.11 Å². The predicted molar refractivity (Wildman–Crippen MR) is 67.0 cm³/mol. The first-order valence-corrected chi connectivity index (χ1v) is 6.34. The molecule has 1 aromatic rings. The molecule has 1 aliphatic heterocycles. The van der Waals surface area contributed by atoms with Gasteiger partial charge >= 0.3 is 12.1 Å². The summed E-state index contributed by atoms with van der Waals surface area (Å²) in [6, 6.07) is 9.08. The van der Waals surface area contributed by atoms with Crippen LogP contribution in [0.15, 0.2) is 30.3 Å². The summed E-state index contributed by atoms with van der Waals surface area (Å²) < 4.78 is 39.7. The molecule has 1 aromatic carbocycles. The van der Waals surface area contributed by atoms with E-state index in [1.54, 1.807) is 4.90 Å². The van der Waals surface area contributed by atoms with Crippen LogP contribution in [0.4, 0.5) is 13.2 Å². The van der Waals surface area contributed by atoms with Crippen molar-refractivity contribution in [2.45, 2.75) is 19.6 Å². The van der Waals surface area contributed by atoms with Gasteiger partial charge in [0.2, 0.25) is 0 Å². The largest absolute Gasteiger partial charge is 0.481 e. The van der Waals surface area contributed by atoms with Gasteiger partial charge in [-0.15, -0.1) is 0 Å². The summed E-state index contributed by atoms with van der Waals surface area (Å²) >= 11 is 0. The molecular weight excluding hydrogens is 271 g/mol. The maximum Gasteiger partial charge on any atom is 0.406 e. The van der Waals surface area contributed by atoms with Gasteiger partial charge in [-0.3, -0.25) is 9.69 Å². The Morgan fingerprint density at radius 1 is 1.40 bits per heavy atom. The van der Waals surface area contributed by atoms with E-state index in [4.69, 9.17) is 5.11 Å². The highest BCUT2D eigenvalue weighted by Crippen LogP contribution is 2.49. The van der Waals surface area contributed by atoms with E-state index in [1.165, 1.54) is 6.92 Å². The molecule has 0 unspecified atom stereocenters. The van der Waals surface area contributed by atoms with E-state index in [-0.39, 0.29) is 6.54 Å². The number of benzene rings is 1. The van der Waals surface area contributed by atoms with E-state index in [9.17, 15) is 18.0 Å². The molecule has 1 aliphatic rings. The molecule has 0 radical (unpaired) electrons. The third-order valence-corrected chi connectivity index (χ3v) is 3.98. The highest BCUT2D eigenvalue weighted by Gasteiger charge is 2.67. The third kappa shape index (κ3) is 2.40. The first-order valence-electron chi connectivity index (χ1n) is 6.34. The molecule has 6 heteroatoms. The van der Waals surface area contributed by atoms with E-state index in [2.05, 4.69) is 0 Å². The van der Waals surface area contributed by atoms with Crippen LogP contribution in [0.1, 0.15) is 12.5 Å². The van der Waals surface area contributed by atoms with Gasteiger partial charge in [-0.25, -0.2) is 0 Å². The molecule has 0 aliphatic carbocycles. The number of carboxylic acids is 1. The lowest BCUT2D eigenvalue weighted by molar-refractivity contribution is -0.236. The molecule has 1 N–H and O–H groups in total. The van der Waals surface area contributed by atoms with Crippen LogP contribution in [0.25, 0.3) is 0 Å². The monoisotopic (exact) mass is 287 g/mol. The standard InChI is InChI=1S/C14H16F3NO2/c1-10-7-18(8-11-5-3-2-4-6-11)9-13(10,12(19)20)14(15,16)17/h2-6,10H,7-9H2,1H3,(H,19,20)/t10-,13+/m0/s1. The van der Waals surface area contributed by atoms with Crippen molar-refractivity contribution in [1.82, 2.24) is 4.90 Å². The first-order chi connectivity index (χ1) is 9.27. The van der Waals surface area contributed by atoms with Crippen LogP contribution in [0, 0.1) is 11.3 Å². The fourth-order valence-electron chi connectivity index (χ4n) is 2.85. The summed E-state index contributed by atoms with van der Waals surface area (Å²) in [5.41, 5.74) is -1.79. The van der Waals surface area contributed by atoms with Gasteiger partial charge in [0.15, 0.2) is 5.41 Å². The highest BCUT2D eigenvalue weighted by atomic mass is 19.4. The predicted octanol–water partition coefficient (Wildman–Crippen LogP) is 2.77. The molecule has 0 saturated carbocycles. The van der Waals surface area contributed by atoms with Gasteiger partial charge in [0.05, 0.1) is 0 Å². The van der Waals surface area contributed by atoms with E-state index >= 15 is 0 Å². The SMILES string of the molecule is C[C@H]1CN(Cc2ccccc2)C[C@@]1(C(=O)O)C(F)(F)F. The topological polar surface area (TPSA) is 40.5 Å². The van der Waals surface area contributed by atoms with Crippen LogP contribution in [-0.2, 0) is 11.3 Å². The fraction of sp³-hybridized carbons (Fsp3) is 0.500. The molecule has 0 spiro atoms. The number of nitrogens with zero attached hydrogens (tertiary/aromatic N) is 1. The molecule has 0 amide bonds. The Morgan fingerprint density at radius 3 is 2.45 bits per heavy atom. The maximum absolute atomic E-state index is 13.2. The molecule has 3 nitrogen and oxygen atoms in total. The Hall–Kier alpha value is -1.56. The van der Waals surface area contributed by atoms with Gasteiger partial charge in [-0.2, -0.15) is 13.2 Å². The van der Waals surface area contributed by atoms with Crippen LogP contribution in [0.3, 0.4) is 0 Å². The van der Waals surface area contributed by atoms with Crippen molar-refractivity contribution in [3.8, 4) is 0 Å². The van der Waals surface area contributed by atoms with Gasteiger partial charge in [-0.1, -0.05) is 37.3 Å². The van der Waals surface area contributed by atoms with Crippen LogP contribution >= 0.6 is 0 Å². The number of hydrogen-bond acceptors (Lipinski definition) is 2. The average Bonchev–Trinajstić information content (AvgIpc) is 2.67. The van der Waals surface area contributed by atoms with Crippen LogP contribution in [0.2, 0.25) is 0 Å². The third-order valence-electron chi connectivity index (χ3n) is 3.98. The summed E-state index contributed by atoms with van der Waals surface area (Å²) in [5.74, 6) is -2.75. The van der Waals surface area contributed by atoms with Gasteiger partial charge in [-0.05, 0) is 11.5 Å². The van der Waals surface area contributed by atoms with Crippen molar-refractivity contribution < 1.29 is 23.1 Å². The van der Waals surface area contributed by atoms with E-state index in [0.717, 1.165) is 5.56 Å². The Kier molecular flexibility index (Phi) is 3.77. The van der Waals surface area contributed by atoms with Gasteiger partial charge in [0, 0.05) is 19.6 Å². The lowest BCUT2D eigenvalue weighted by atomic mass is 9.78. The van der Waals surface area contributed by atoms with Crippen molar-refractivity contribution in [3.63, 3.8) is 0 Å².